The van der Waals surface area contributed by atoms with E-state index in [2.05, 4.69) is 10.1 Å². The van der Waals surface area contributed by atoms with Crippen molar-refractivity contribution in [2.75, 3.05) is 26.2 Å². The molecule has 0 unspecified atom stereocenters. The summed E-state index contributed by atoms with van der Waals surface area (Å²) in [5.41, 5.74) is 2.54. The van der Waals surface area contributed by atoms with E-state index < -0.39 is 15.8 Å². The summed E-state index contributed by atoms with van der Waals surface area (Å²) in [5, 5.41) is 4.24. The van der Waals surface area contributed by atoms with Gasteiger partial charge in [0, 0.05) is 37.6 Å². The number of halogens is 1. The van der Waals surface area contributed by atoms with Gasteiger partial charge in [-0.25, -0.2) is 22.3 Å². The third kappa shape index (κ3) is 3.49. The van der Waals surface area contributed by atoms with Gasteiger partial charge in [-0.3, -0.25) is 4.79 Å². The van der Waals surface area contributed by atoms with Gasteiger partial charge in [0.15, 0.2) is 5.65 Å². The fourth-order valence-electron chi connectivity index (χ4n) is 3.50. The average molecular weight is 417 g/mol. The molecule has 152 valence electrons. The second kappa shape index (κ2) is 7.20. The molecule has 3 aromatic rings. The smallest absolute Gasteiger partial charge is 0.259 e. The van der Waals surface area contributed by atoms with Gasteiger partial charge in [-0.15, -0.1) is 0 Å². The van der Waals surface area contributed by atoms with E-state index in [-0.39, 0.29) is 37.0 Å². The Balaban J connectivity index is 1.52. The zero-order chi connectivity index (χ0) is 20.8. The number of piperazine rings is 1. The minimum atomic E-state index is -3.81. The molecule has 0 bridgehead atoms. The monoisotopic (exact) mass is 417 g/mol. The van der Waals surface area contributed by atoms with Gasteiger partial charge in [0.1, 0.15) is 11.4 Å². The molecule has 0 aliphatic carbocycles. The maximum atomic E-state index is 13.4. The highest BCUT2D eigenvalue weighted by Gasteiger charge is 2.31. The Morgan fingerprint density at radius 2 is 1.83 bits per heavy atom. The lowest BCUT2D eigenvalue weighted by molar-refractivity contribution is 0.0699. The lowest BCUT2D eigenvalue weighted by Crippen LogP contribution is -2.50. The van der Waals surface area contributed by atoms with Crippen LogP contribution in [0.15, 0.2) is 41.4 Å². The maximum Gasteiger partial charge on any atom is 0.259 e. The largest absolute Gasteiger partial charge is 0.336 e. The van der Waals surface area contributed by atoms with Crippen molar-refractivity contribution in [2.45, 2.75) is 18.7 Å². The molecule has 10 heteroatoms. The molecule has 0 atom stereocenters. The van der Waals surface area contributed by atoms with E-state index in [9.17, 15) is 17.6 Å². The molecule has 29 heavy (non-hydrogen) atoms. The summed E-state index contributed by atoms with van der Waals surface area (Å²) in [6.07, 6.45) is 1.49. The number of carbonyl (C=O) groups excluding carboxylic acids is 1. The number of sulfonamides is 1. The van der Waals surface area contributed by atoms with Gasteiger partial charge in [0.25, 0.3) is 5.91 Å². The highest BCUT2D eigenvalue weighted by atomic mass is 32.2. The van der Waals surface area contributed by atoms with Crippen LogP contribution in [0.1, 0.15) is 21.7 Å². The zero-order valence-electron chi connectivity index (χ0n) is 16.0. The molecule has 0 spiro atoms. The fraction of sp³-hybridized carbons (Fsp3) is 0.316. The predicted octanol–water partition coefficient (Wildman–Crippen LogP) is 1.63. The standard InChI is InChI=1S/C19H20FN5O3S/c1-13-10-14(2)25-18(22-13)17(12-21-25)19(26)23-6-8-24(9-7-23)29(27,28)16-5-3-4-15(20)11-16/h3-5,10-12H,6-9H2,1-2H3. The lowest BCUT2D eigenvalue weighted by Gasteiger charge is -2.33. The van der Waals surface area contributed by atoms with Crippen LogP contribution in [-0.4, -0.2) is 64.3 Å². The number of aryl methyl sites for hydroxylation is 2. The van der Waals surface area contributed by atoms with Crippen molar-refractivity contribution in [3.05, 3.63) is 59.3 Å². The van der Waals surface area contributed by atoms with E-state index in [1.807, 2.05) is 19.9 Å². The van der Waals surface area contributed by atoms with E-state index in [0.29, 0.717) is 11.2 Å². The number of nitrogens with zero attached hydrogens (tertiary/aromatic N) is 5. The van der Waals surface area contributed by atoms with Crippen LogP contribution in [0.25, 0.3) is 5.65 Å². The Bertz CT molecular complexity index is 1200. The molecule has 1 aliphatic heterocycles. The predicted molar refractivity (Wildman–Crippen MR) is 104 cm³/mol. The Morgan fingerprint density at radius 3 is 2.52 bits per heavy atom. The zero-order valence-corrected chi connectivity index (χ0v) is 16.9. The minimum Gasteiger partial charge on any atom is -0.336 e. The number of carbonyl (C=O) groups is 1. The van der Waals surface area contributed by atoms with Crippen LogP contribution in [0.3, 0.4) is 0 Å². The third-order valence-electron chi connectivity index (χ3n) is 4.97. The lowest BCUT2D eigenvalue weighted by atomic mass is 10.2. The van der Waals surface area contributed by atoms with E-state index >= 15 is 0 Å². The first-order valence-electron chi connectivity index (χ1n) is 9.14. The summed E-state index contributed by atoms with van der Waals surface area (Å²) >= 11 is 0. The third-order valence-corrected chi connectivity index (χ3v) is 6.86. The molecular formula is C19H20FN5O3S. The Hall–Kier alpha value is -2.85. The van der Waals surface area contributed by atoms with Gasteiger partial charge in [0.2, 0.25) is 10.0 Å². The van der Waals surface area contributed by atoms with Gasteiger partial charge in [-0.1, -0.05) is 6.07 Å². The second-order valence-electron chi connectivity index (χ2n) is 6.99. The number of benzene rings is 1. The van der Waals surface area contributed by atoms with Crippen LogP contribution >= 0.6 is 0 Å². The SMILES string of the molecule is Cc1cc(C)n2ncc(C(=O)N3CCN(S(=O)(=O)c4cccc(F)c4)CC3)c2n1. The number of hydrogen-bond donors (Lipinski definition) is 0. The maximum absolute atomic E-state index is 13.4. The average Bonchev–Trinajstić information content (AvgIpc) is 3.11. The van der Waals surface area contributed by atoms with Gasteiger partial charge in [-0.05, 0) is 38.1 Å². The molecule has 3 heterocycles. The molecule has 1 amide bonds. The Morgan fingerprint density at radius 1 is 1.10 bits per heavy atom. The molecule has 1 aromatic carbocycles. The molecule has 0 saturated carbocycles. The van der Waals surface area contributed by atoms with Gasteiger partial charge in [0.05, 0.1) is 11.1 Å². The van der Waals surface area contributed by atoms with Crippen molar-refractivity contribution in [2.24, 2.45) is 0 Å². The van der Waals surface area contributed by atoms with E-state index in [1.165, 1.54) is 28.7 Å². The van der Waals surface area contributed by atoms with Crippen molar-refractivity contribution >= 4 is 21.6 Å². The van der Waals surface area contributed by atoms with Crippen LogP contribution in [0.5, 0.6) is 0 Å². The molecule has 4 rings (SSSR count). The summed E-state index contributed by atoms with van der Waals surface area (Å²) in [7, 11) is -3.81. The summed E-state index contributed by atoms with van der Waals surface area (Å²) in [5.74, 6) is -0.841. The molecule has 1 aliphatic rings. The van der Waals surface area contributed by atoms with E-state index in [1.54, 1.807) is 9.42 Å². The number of amides is 1. The van der Waals surface area contributed by atoms with E-state index in [4.69, 9.17) is 0 Å². The van der Waals surface area contributed by atoms with Crippen molar-refractivity contribution in [3.63, 3.8) is 0 Å². The van der Waals surface area contributed by atoms with Crippen molar-refractivity contribution < 1.29 is 17.6 Å². The van der Waals surface area contributed by atoms with Crippen LogP contribution in [0.4, 0.5) is 4.39 Å². The molecule has 0 radical (unpaired) electrons. The van der Waals surface area contributed by atoms with Crippen molar-refractivity contribution in [3.8, 4) is 0 Å². The molecule has 1 saturated heterocycles. The van der Waals surface area contributed by atoms with E-state index in [0.717, 1.165) is 17.5 Å². The molecule has 8 nitrogen and oxygen atoms in total. The molecule has 1 fully saturated rings. The topological polar surface area (TPSA) is 87.9 Å². The quantitative estimate of drug-likeness (QED) is 0.646. The summed E-state index contributed by atoms with van der Waals surface area (Å²) in [6, 6.07) is 6.81. The highest BCUT2D eigenvalue weighted by Crippen LogP contribution is 2.20. The highest BCUT2D eigenvalue weighted by molar-refractivity contribution is 7.89. The van der Waals surface area contributed by atoms with Crippen LogP contribution < -0.4 is 0 Å². The second-order valence-corrected chi connectivity index (χ2v) is 8.92. The van der Waals surface area contributed by atoms with Gasteiger partial charge < -0.3 is 4.90 Å². The first kappa shape index (κ1) is 19.5. The first-order valence-corrected chi connectivity index (χ1v) is 10.6. The van der Waals surface area contributed by atoms with Crippen LogP contribution in [0.2, 0.25) is 0 Å². The van der Waals surface area contributed by atoms with Crippen molar-refractivity contribution in [1.82, 2.24) is 23.8 Å². The van der Waals surface area contributed by atoms with Crippen LogP contribution in [-0.2, 0) is 10.0 Å². The molecule has 0 N–H and O–H groups in total. The van der Waals surface area contributed by atoms with Crippen molar-refractivity contribution in [1.29, 1.82) is 0 Å². The summed E-state index contributed by atoms with van der Waals surface area (Å²) in [6.45, 7) is 4.47. The molecule has 2 aromatic heterocycles. The number of aromatic nitrogens is 3. The van der Waals surface area contributed by atoms with Gasteiger partial charge in [-0.2, -0.15) is 9.40 Å². The minimum absolute atomic E-state index is 0.0879. The number of fused-ring (bicyclic) bond motifs is 1. The van der Waals surface area contributed by atoms with Gasteiger partial charge >= 0.3 is 0 Å². The summed E-state index contributed by atoms with van der Waals surface area (Å²) in [4.78, 5) is 18.9. The number of rotatable bonds is 3. The van der Waals surface area contributed by atoms with Crippen LogP contribution in [0, 0.1) is 19.7 Å². The Kier molecular flexibility index (Phi) is 4.83. The molecular weight excluding hydrogens is 397 g/mol. The first-order chi connectivity index (χ1) is 13.8. The fourth-order valence-corrected chi connectivity index (χ4v) is 4.95. The summed E-state index contributed by atoms with van der Waals surface area (Å²) < 4.78 is 41.8. The Labute approximate surface area is 167 Å². The normalized spacial score (nSPS) is 15.8. The number of hydrogen-bond acceptors (Lipinski definition) is 5.